The van der Waals surface area contributed by atoms with Crippen molar-refractivity contribution in [2.45, 2.75) is 19.4 Å². The molecule has 128 valence electrons. The third-order valence-corrected chi connectivity index (χ3v) is 7.95. The van der Waals surface area contributed by atoms with Gasteiger partial charge in [0.2, 0.25) is 0 Å². The minimum atomic E-state index is -1.08. The minimum Gasteiger partial charge on any atom is -0.385 e. The van der Waals surface area contributed by atoms with Gasteiger partial charge in [-0.3, -0.25) is 0 Å². The van der Waals surface area contributed by atoms with Crippen LogP contribution in [0.4, 0.5) is 0 Å². The van der Waals surface area contributed by atoms with Gasteiger partial charge in [-0.15, -0.1) is 0 Å². The molecule has 0 bridgehead atoms. The molecular weight excluding hydrogens is 300 g/mol. The quantitative estimate of drug-likeness (QED) is 0.643. The molecule has 0 aromatic heterocycles. The van der Waals surface area contributed by atoms with Crippen molar-refractivity contribution in [3.8, 4) is 0 Å². The van der Waals surface area contributed by atoms with Crippen LogP contribution in [0.2, 0.25) is 6.04 Å². The standard InChI is InChI=1S/C19H32N2OSi/c1-4-18-9-6-7-10-19(18)23(17-22-5-2)16-8-11-21-14-12-20(3)13-15-21/h4,6-7,9-10,23H,1,5,8,11-17H2,2-3H3. The summed E-state index contributed by atoms with van der Waals surface area (Å²) >= 11 is 0. The lowest BCUT2D eigenvalue weighted by atomic mass is 10.2. The van der Waals surface area contributed by atoms with Gasteiger partial charge >= 0.3 is 0 Å². The number of hydrogen-bond donors (Lipinski definition) is 0. The summed E-state index contributed by atoms with van der Waals surface area (Å²) in [7, 11) is 1.14. The summed E-state index contributed by atoms with van der Waals surface area (Å²) in [4.78, 5) is 5.04. The second kappa shape index (κ2) is 10.0. The lowest BCUT2D eigenvalue weighted by Crippen LogP contribution is -2.45. The van der Waals surface area contributed by atoms with Gasteiger partial charge in [0, 0.05) is 39.0 Å². The zero-order valence-corrected chi connectivity index (χ0v) is 16.0. The Morgan fingerprint density at radius 3 is 2.65 bits per heavy atom. The van der Waals surface area contributed by atoms with Crippen LogP contribution in [0, 0.1) is 0 Å². The normalized spacial score (nSPS) is 18.0. The van der Waals surface area contributed by atoms with E-state index in [0.29, 0.717) is 0 Å². The van der Waals surface area contributed by atoms with E-state index in [1.807, 2.05) is 6.08 Å². The fourth-order valence-corrected chi connectivity index (χ4v) is 6.21. The SMILES string of the molecule is C=Cc1ccccc1[SiH](CCCN1CCN(C)CC1)COCC. The van der Waals surface area contributed by atoms with E-state index < -0.39 is 8.80 Å². The van der Waals surface area contributed by atoms with Gasteiger partial charge in [-0.05, 0) is 32.5 Å². The first kappa shape index (κ1) is 18.4. The highest BCUT2D eigenvalue weighted by Gasteiger charge is 2.18. The van der Waals surface area contributed by atoms with Crippen LogP contribution in [0.1, 0.15) is 18.9 Å². The van der Waals surface area contributed by atoms with Crippen LogP contribution in [0.15, 0.2) is 30.8 Å². The second-order valence-corrected chi connectivity index (χ2v) is 9.40. The Morgan fingerprint density at radius 1 is 1.22 bits per heavy atom. The van der Waals surface area contributed by atoms with E-state index in [0.717, 1.165) is 12.8 Å². The predicted octanol–water partition coefficient (Wildman–Crippen LogP) is 1.98. The molecule has 0 saturated carbocycles. The molecule has 1 aliphatic rings. The van der Waals surface area contributed by atoms with Crippen molar-refractivity contribution in [2.75, 3.05) is 52.6 Å². The van der Waals surface area contributed by atoms with E-state index in [2.05, 4.69) is 54.6 Å². The first-order valence-corrected chi connectivity index (χ1v) is 11.2. The van der Waals surface area contributed by atoms with Gasteiger partial charge in [-0.2, -0.15) is 0 Å². The Balaban J connectivity index is 1.89. The first-order valence-electron chi connectivity index (χ1n) is 8.94. The Bertz CT molecular complexity index is 472. The number of likely N-dealkylation sites (N-methyl/N-ethyl adjacent to an activating group) is 1. The predicted molar refractivity (Wildman–Crippen MR) is 103 cm³/mol. The molecule has 4 heteroatoms. The molecule has 1 unspecified atom stereocenters. The summed E-state index contributed by atoms with van der Waals surface area (Å²) in [6, 6.07) is 10.1. The van der Waals surface area contributed by atoms with Crippen LogP contribution in [0.25, 0.3) is 6.08 Å². The van der Waals surface area contributed by atoms with Crippen molar-refractivity contribution in [1.82, 2.24) is 9.80 Å². The number of ether oxygens (including phenoxy) is 1. The smallest absolute Gasteiger partial charge is 0.101 e. The molecule has 1 heterocycles. The molecule has 0 spiro atoms. The largest absolute Gasteiger partial charge is 0.385 e. The number of piperazine rings is 1. The Kier molecular flexibility index (Phi) is 8.02. The van der Waals surface area contributed by atoms with E-state index in [4.69, 9.17) is 4.74 Å². The van der Waals surface area contributed by atoms with Crippen LogP contribution < -0.4 is 5.19 Å². The van der Waals surface area contributed by atoms with Crippen LogP contribution >= 0.6 is 0 Å². The summed E-state index contributed by atoms with van der Waals surface area (Å²) in [6.07, 6.45) is 4.24. The summed E-state index contributed by atoms with van der Waals surface area (Å²) in [5, 5.41) is 1.52. The van der Waals surface area contributed by atoms with Gasteiger partial charge in [0.1, 0.15) is 8.80 Å². The molecule has 0 N–H and O–H groups in total. The third kappa shape index (κ3) is 5.88. The van der Waals surface area contributed by atoms with E-state index >= 15 is 0 Å². The molecule has 1 aromatic carbocycles. The second-order valence-electron chi connectivity index (χ2n) is 6.48. The highest BCUT2D eigenvalue weighted by atomic mass is 28.3. The highest BCUT2D eigenvalue weighted by molar-refractivity contribution is 6.73. The van der Waals surface area contributed by atoms with Crippen molar-refractivity contribution in [3.05, 3.63) is 36.4 Å². The van der Waals surface area contributed by atoms with E-state index in [-0.39, 0.29) is 0 Å². The molecule has 1 aromatic rings. The van der Waals surface area contributed by atoms with Gasteiger partial charge in [0.25, 0.3) is 0 Å². The summed E-state index contributed by atoms with van der Waals surface area (Å²) in [5.74, 6) is 0. The maximum absolute atomic E-state index is 5.81. The molecule has 1 fully saturated rings. The number of rotatable bonds is 9. The van der Waals surface area contributed by atoms with Gasteiger partial charge in [-0.1, -0.05) is 48.2 Å². The molecule has 1 atom stereocenters. The van der Waals surface area contributed by atoms with Gasteiger partial charge < -0.3 is 14.5 Å². The zero-order valence-electron chi connectivity index (χ0n) is 14.8. The summed E-state index contributed by atoms with van der Waals surface area (Å²) in [5.41, 5.74) is 1.31. The van der Waals surface area contributed by atoms with Crippen molar-refractivity contribution in [3.63, 3.8) is 0 Å². The maximum atomic E-state index is 5.81. The van der Waals surface area contributed by atoms with Crippen LogP contribution in [-0.2, 0) is 4.74 Å². The molecule has 0 aliphatic carbocycles. The summed E-state index contributed by atoms with van der Waals surface area (Å²) < 4.78 is 5.81. The van der Waals surface area contributed by atoms with Crippen LogP contribution in [0.3, 0.4) is 0 Å². The Hall–Kier alpha value is -0.943. The molecule has 23 heavy (non-hydrogen) atoms. The fraction of sp³-hybridized carbons (Fsp3) is 0.579. The lowest BCUT2D eigenvalue weighted by Gasteiger charge is -2.32. The molecule has 1 saturated heterocycles. The number of nitrogens with zero attached hydrogens (tertiary/aromatic N) is 2. The third-order valence-electron chi connectivity index (χ3n) is 4.80. The first-order chi connectivity index (χ1) is 11.2. The Morgan fingerprint density at radius 2 is 1.96 bits per heavy atom. The monoisotopic (exact) mass is 332 g/mol. The lowest BCUT2D eigenvalue weighted by molar-refractivity contribution is 0.154. The van der Waals surface area contributed by atoms with Gasteiger partial charge in [0.15, 0.2) is 0 Å². The van der Waals surface area contributed by atoms with E-state index in [9.17, 15) is 0 Å². The van der Waals surface area contributed by atoms with Gasteiger partial charge in [0.05, 0.1) is 0 Å². The minimum absolute atomic E-state index is 0.818. The van der Waals surface area contributed by atoms with E-state index in [1.165, 1.54) is 55.9 Å². The van der Waals surface area contributed by atoms with Crippen LogP contribution in [0.5, 0.6) is 0 Å². The fourth-order valence-electron chi connectivity index (χ4n) is 3.29. The maximum Gasteiger partial charge on any atom is 0.101 e. The number of hydrogen-bond acceptors (Lipinski definition) is 3. The zero-order chi connectivity index (χ0) is 16.5. The van der Waals surface area contributed by atoms with Crippen molar-refractivity contribution >= 4 is 20.1 Å². The van der Waals surface area contributed by atoms with Crippen molar-refractivity contribution in [1.29, 1.82) is 0 Å². The number of benzene rings is 1. The van der Waals surface area contributed by atoms with Crippen molar-refractivity contribution < 1.29 is 4.74 Å². The van der Waals surface area contributed by atoms with Crippen molar-refractivity contribution in [2.24, 2.45) is 0 Å². The molecule has 1 aliphatic heterocycles. The Labute approximate surface area is 143 Å². The molecule has 3 nitrogen and oxygen atoms in total. The average molecular weight is 333 g/mol. The highest BCUT2D eigenvalue weighted by Crippen LogP contribution is 2.08. The topological polar surface area (TPSA) is 15.7 Å². The average Bonchev–Trinajstić information content (AvgIpc) is 2.59. The molecular formula is C19H32N2OSi. The summed E-state index contributed by atoms with van der Waals surface area (Å²) in [6.45, 7) is 13.0. The van der Waals surface area contributed by atoms with Crippen LogP contribution in [-0.4, -0.2) is 71.2 Å². The van der Waals surface area contributed by atoms with Gasteiger partial charge in [-0.25, -0.2) is 0 Å². The molecule has 2 rings (SSSR count). The molecule has 0 radical (unpaired) electrons. The van der Waals surface area contributed by atoms with E-state index in [1.54, 1.807) is 0 Å². The molecule has 0 amide bonds.